The summed E-state index contributed by atoms with van der Waals surface area (Å²) in [5.41, 5.74) is 12.1. The molecule has 0 atom stereocenters. The Morgan fingerprint density at radius 2 is 0.947 bits per heavy atom. The van der Waals surface area contributed by atoms with Gasteiger partial charge in [0.05, 0.1) is 22.1 Å². The molecule has 268 valence electrons. The molecule has 0 saturated heterocycles. The van der Waals surface area contributed by atoms with Crippen molar-refractivity contribution in [3.05, 3.63) is 206 Å². The van der Waals surface area contributed by atoms with E-state index < -0.39 is 0 Å². The van der Waals surface area contributed by atoms with Gasteiger partial charge in [-0.2, -0.15) is 0 Å². The molecule has 11 rings (SSSR count). The third-order valence-electron chi connectivity index (χ3n) is 11.0. The second-order valence-electron chi connectivity index (χ2n) is 14.4. The van der Waals surface area contributed by atoms with Crippen LogP contribution in [0.25, 0.3) is 94.5 Å². The summed E-state index contributed by atoms with van der Waals surface area (Å²) in [6.07, 6.45) is 11.3. The zero-order chi connectivity index (χ0) is 37.7. The van der Waals surface area contributed by atoms with Crippen molar-refractivity contribution in [2.45, 2.75) is 6.42 Å². The Labute approximate surface area is 329 Å². The molecular formula is C52H35N5. The van der Waals surface area contributed by atoms with Crippen molar-refractivity contribution < 1.29 is 0 Å². The predicted octanol–water partition coefficient (Wildman–Crippen LogP) is 13.0. The van der Waals surface area contributed by atoms with Gasteiger partial charge in [-0.05, 0) is 72.1 Å². The van der Waals surface area contributed by atoms with Crippen molar-refractivity contribution in [1.29, 1.82) is 0 Å². The molecule has 0 fully saturated rings. The molecule has 57 heavy (non-hydrogen) atoms. The molecule has 0 radical (unpaired) electrons. The van der Waals surface area contributed by atoms with Crippen molar-refractivity contribution in [3.8, 4) is 45.3 Å². The zero-order valence-electron chi connectivity index (χ0n) is 31.0. The van der Waals surface area contributed by atoms with Gasteiger partial charge in [0, 0.05) is 49.6 Å². The molecule has 0 aliphatic heterocycles. The fraction of sp³-hybridized carbons (Fsp3) is 0.0192. The maximum absolute atomic E-state index is 5.08. The van der Waals surface area contributed by atoms with Crippen LogP contribution in [0, 0.1) is 0 Å². The Bertz CT molecular complexity index is 3260. The number of fused-ring (bicyclic) bond motifs is 6. The van der Waals surface area contributed by atoms with Gasteiger partial charge in [0.25, 0.3) is 0 Å². The average molecular weight is 730 g/mol. The second-order valence-corrected chi connectivity index (χ2v) is 14.4. The molecule has 10 aromatic rings. The maximum Gasteiger partial charge on any atom is 0.164 e. The standard InChI is InChI=1S/C52H35N5/c1-2-6-17-35(16-5-1)50-53-51(36-18-7-3-8-19-36)55-52(54-50)39-20-15-23-41(32-39)57-46-26-13-11-24-42(46)44-30-28-38(34-49(44)57)37-29-31-48-45(33-37)43-25-12-14-27-47(43)56(48)40-21-9-4-10-22-40/h1-5,7-34H,6H2. The SMILES string of the molecule is C1=CCC=C(c2nc(-c3ccccc3)nc(-c3cccc(-n4c5ccccc5c5ccc(-c6ccc7c(c6)c6ccccc6n7-c6ccccc6)cc54)c3)n2)C=C1. The van der Waals surface area contributed by atoms with E-state index in [4.69, 9.17) is 15.0 Å². The number of para-hydroxylation sites is 3. The van der Waals surface area contributed by atoms with Crippen LogP contribution in [0.15, 0.2) is 200 Å². The lowest BCUT2D eigenvalue weighted by Crippen LogP contribution is -2.03. The van der Waals surface area contributed by atoms with Gasteiger partial charge < -0.3 is 9.13 Å². The first-order chi connectivity index (χ1) is 28.3. The van der Waals surface area contributed by atoms with Gasteiger partial charge in [-0.25, -0.2) is 15.0 Å². The van der Waals surface area contributed by atoms with Crippen LogP contribution in [-0.4, -0.2) is 24.1 Å². The summed E-state index contributed by atoms with van der Waals surface area (Å²) in [6, 6.07) is 60.5. The lowest BCUT2D eigenvalue weighted by Gasteiger charge is -2.12. The van der Waals surface area contributed by atoms with Crippen LogP contribution in [0.5, 0.6) is 0 Å². The third kappa shape index (κ3) is 5.68. The molecule has 0 saturated carbocycles. The molecule has 0 spiro atoms. The molecular weight excluding hydrogens is 695 g/mol. The van der Waals surface area contributed by atoms with Gasteiger partial charge in [0.1, 0.15) is 0 Å². The highest BCUT2D eigenvalue weighted by atomic mass is 15.0. The zero-order valence-corrected chi connectivity index (χ0v) is 31.0. The van der Waals surface area contributed by atoms with Crippen molar-refractivity contribution >= 4 is 49.2 Å². The topological polar surface area (TPSA) is 48.5 Å². The number of aromatic nitrogens is 5. The van der Waals surface area contributed by atoms with E-state index in [1.165, 1.54) is 38.1 Å². The number of hydrogen-bond acceptors (Lipinski definition) is 3. The molecule has 5 heteroatoms. The molecule has 0 bridgehead atoms. The first-order valence-electron chi connectivity index (χ1n) is 19.4. The van der Waals surface area contributed by atoms with E-state index in [0.29, 0.717) is 17.5 Å². The fourth-order valence-electron chi connectivity index (χ4n) is 8.32. The molecule has 1 aliphatic rings. The largest absolute Gasteiger partial charge is 0.309 e. The van der Waals surface area contributed by atoms with E-state index in [1.54, 1.807) is 0 Å². The van der Waals surface area contributed by atoms with Crippen LogP contribution in [0.3, 0.4) is 0 Å². The van der Waals surface area contributed by atoms with Crippen LogP contribution in [0.1, 0.15) is 12.2 Å². The highest BCUT2D eigenvalue weighted by Gasteiger charge is 2.18. The Kier molecular flexibility index (Phi) is 7.81. The number of rotatable bonds is 6. The molecule has 1 aliphatic carbocycles. The van der Waals surface area contributed by atoms with Crippen molar-refractivity contribution in [3.63, 3.8) is 0 Å². The monoisotopic (exact) mass is 729 g/mol. The molecule has 0 amide bonds. The Morgan fingerprint density at radius 1 is 0.368 bits per heavy atom. The molecule has 3 heterocycles. The quantitative estimate of drug-likeness (QED) is 0.171. The van der Waals surface area contributed by atoms with Gasteiger partial charge in [-0.1, -0.05) is 146 Å². The van der Waals surface area contributed by atoms with Crippen molar-refractivity contribution in [1.82, 2.24) is 24.1 Å². The smallest absolute Gasteiger partial charge is 0.164 e. The van der Waals surface area contributed by atoms with Crippen LogP contribution >= 0.6 is 0 Å². The van der Waals surface area contributed by atoms with E-state index in [9.17, 15) is 0 Å². The summed E-state index contributed by atoms with van der Waals surface area (Å²) >= 11 is 0. The highest BCUT2D eigenvalue weighted by molar-refractivity contribution is 6.12. The maximum atomic E-state index is 5.08. The van der Waals surface area contributed by atoms with Crippen LogP contribution in [-0.2, 0) is 0 Å². The predicted molar refractivity (Wildman–Crippen MR) is 236 cm³/mol. The minimum atomic E-state index is 0.636. The molecule has 0 unspecified atom stereocenters. The molecule has 0 N–H and O–H groups in total. The summed E-state index contributed by atoms with van der Waals surface area (Å²) in [7, 11) is 0. The normalized spacial score (nSPS) is 12.8. The lowest BCUT2D eigenvalue weighted by molar-refractivity contribution is 1.03. The third-order valence-corrected chi connectivity index (χ3v) is 11.0. The van der Waals surface area contributed by atoms with E-state index in [2.05, 4.69) is 173 Å². The molecule has 3 aromatic heterocycles. The summed E-state index contributed by atoms with van der Waals surface area (Å²) in [6.45, 7) is 0. The minimum absolute atomic E-state index is 0.636. The van der Waals surface area contributed by atoms with E-state index in [0.717, 1.165) is 51.1 Å². The first kappa shape index (κ1) is 32.8. The van der Waals surface area contributed by atoms with Gasteiger partial charge >= 0.3 is 0 Å². The van der Waals surface area contributed by atoms with E-state index in [-0.39, 0.29) is 0 Å². The van der Waals surface area contributed by atoms with Crippen LogP contribution in [0.4, 0.5) is 0 Å². The number of allylic oxidation sites excluding steroid dienone is 6. The van der Waals surface area contributed by atoms with Gasteiger partial charge in [-0.15, -0.1) is 0 Å². The summed E-state index contributed by atoms with van der Waals surface area (Å²) < 4.78 is 4.74. The Balaban J connectivity index is 1.07. The van der Waals surface area contributed by atoms with E-state index >= 15 is 0 Å². The highest BCUT2D eigenvalue weighted by Crippen LogP contribution is 2.38. The number of nitrogens with zero attached hydrogens (tertiary/aromatic N) is 5. The van der Waals surface area contributed by atoms with Gasteiger partial charge in [0.15, 0.2) is 17.5 Å². The number of hydrogen-bond donors (Lipinski definition) is 0. The first-order valence-corrected chi connectivity index (χ1v) is 19.4. The summed E-state index contributed by atoms with van der Waals surface area (Å²) in [5, 5.41) is 4.89. The number of benzene rings is 7. The minimum Gasteiger partial charge on any atom is -0.309 e. The van der Waals surface area contributed by atoms with Crippen LogP contribution in [0.2, 0.25) is 0 Å². The van der Waals surface area contributed by atoms with Crippen molar-refractivity contribution in [2.75, 3.05) is 0 Å². The summed E-state index contributed by atoms with van der Waals surface area (Å²) in [4.78, 5) is 15.1. The van der Waals surface area contributed by atoms with Crippen LogP contribution < -0.4 is 0 Å². The van der Waals surface area contributed by atoms with Crippen molar-refractivity contribution in [2.24, 2.45) is 0 Å². The van der Waals surface area contributed by atoms with E-state index in [1.807, 2.05) is 36.4 Å². The summed E-state index contributed by atoms with van der Waals surface area (Å²) in [5.74, 6) is 1.95. The lowest BCUT2D eigenvalue weighted by atomic mass is 10.0. The Morgan fingerprint density at radius 3 is 1.75 bits per heavy atom. The molecule has 7 aromatic carbocycles. The molecule has 5 nitrogen and oxygen atoms in total. The second kappa shape index (κ2) is 13.6. The average Bonchev–Trinajstić information content (AvgIpc) is 3.63. The fourth-order valence-corrected chi connectivity index (χ4v) is 8.32. The van der Waals surface area contributed by atoms with Gasteiger partial charge in [0.2, 0.25) is 0 Å². The van der Waals surface area contributed by atoms with Gasteiger partial charge in [-0.3, -0.25) is 0 Å². The Hall–Kier alpha value is -7.63.